The Morgan fingerprint density at radius 2 is 2.00 bits per heavy atom. The van der Waals surface area contributed by atoms with Crippen molar-refractivity contribution in [1.29, 1.82) is 0 Å². The Hall–Kier alpha value is -3.35. The summed E-state index contributed by atoms with van der Waals surface area (Å²) in [7, 11) is 1.60. The Kier molecular flexibility index (Phi) is 5.93. The minimum Gasteiger partial charge on any atom is -0.497 e. The number of methoxy groups -OCH3 is 1. The van der Waals surface area contributed by atoms with Crippen LogP contribution in [0.3, 0.4) is 0 Å². The number of hydrogen-bond acceptors (Lipinski definition) is 6. The molecule has 0 fully saturated rings. The van der Waals surface area contributed by atoms with E-state index < -0.39 is 0 Å². The first-order valence-electron chi connectivity index (χ1n) is 8.90. The van der Waals surface area contributed by atoms with Crippen molar-refractivity contribution in [2.75, 3.05) is 13.7 Å². The third-order valence-corrected chi connectivity index (χ3v) is 4.36. The van der Waals surface area contributed by atoms with E-state index in [0.717, 1.165) is 22.3 Å². The lowest BCUT2D eigenvalue weighted by Gasteiger charge is -2.12. The molecule has 7 nitrogen and oxygen atoms in total. The van der Waals surface area contributed by atoms with Crippen LogP contribution in [-0.2, 0) is 11.3 Å². The maximum Gasteiger partial charge on any atom is 0.258 e. The first-order chi connectivity index (χ1) is 13.5. The number of carbonyl (C=O) groups is 1. The molecule has 0 spiro atoms. The van der Waals surface area contributed by atoms with Gasteiger partial charge in [0, 0.05) is 5.56 Å². The number of ether oxygens (including phenoxy) is 2. The summed E-state index contributed by atoms with van der Waals surface area (Å²) in [4.78, 5) is 16.4. The van der Waals surface area contributed by atoms with Gasteiger partial charge in [0.1, 0.15) is 11.5 Å². The summed E-state index contributed by atoms with van der Waals surface area (Å²) in [6.45, 7) is 6.03. The van der Waals surface area contributed by atoms with Gasteiger partial charge in [-0.2, -0.15) is 4.98 Å². The van der Waals surface area contributed by atoms with Gasteiger partial charge in [0.15, 0.2) is 6.61 Å². The van der Waals surface area contributed by atoms with Crippen LogP contribution in [0.4, 0.5) is 0 Å². The van der Waals surface area contributed by atoms with Crippen LogP contribution in [0.15, 0.2) is 40.9 Å². The molecule has 0 atom stereocenters. The number of aromatic nitrogens is 2. The molecule has 0 saturated heterocycles. The van der Waals surface area contributed by atoms with Gasteiger partial charge in [0.05, 0.1) is 13.7 Å². The van der Waals surface area contributed by atoms with Gasteiger partial charge in [-0.25, -0.2) is 0 Å². The standard InChI is InChI=1S/C21H23N3O4/c1-13-8-14(2)15(3)18(9-13)27-12-19(25)22-11-20-23-21(24-28-20)16-6-5-7-17(10-16)26-4/h5-10H,11-12H2,1-4H3,(H,22,25). The van der Waals surface area contributed by atoms with Gasteiger partial charge >= 0.3 is 0 Å². The molecule has 3 aromatic rings. The van der Waals surface area contributed by atoms with E-state index >= 15 is 0 Å². The number of nitrogens with zero attached hydrogens (tertiary/aromatic N) is 2. The maximum absolute atomic E-state index is 12.1. The van der Waals surface area contributed by atoms with E-state index in [2.05, 4.69) is 21.5 Å². The SMILES string of the molecule is COc1cccc(-c2noc(CNC(=O)COc3cc(C)cc(C)c3C)n2)c1. The van der Waals surface area contributed by atoms with Crippen molar-refractivity contribution in [2.45, 2.75) is 27.3 Å². The molecule has 0 unspecified atom stereocenters. The fourth-order valence-corrected chi connectivity index (χ4v) is 2.73. The highest BCUT2D eigenvalue weighted by atomic mass is 16.5. The van der Waals surface area contributed by atoms with Crippen LogP contribution in [0.1, 0.15) is 22.6 Å². The molecule has 0 radical (unpaired) electrons. The minimum atomic E-state index is -0.264. The van der Waals surface area contributed by atoms with Crippen molar-refractivity contribution in [3.05, 3.63) is 59.0 Å². The first kappa shape index (κ1) is 19.4. The van der Waals surface area contributed by atoms with Crippen LogP contribution < -0.4 is 14.8 Å². The summed E-state index contributed by atoms with van der Waals surface area (Å²) in [6, 6.07) is 11.4. The van der Waals surface area contributed by atoms with E-state index in [1.54, 1.807) is 7.11 Å². The largest absolute Gasteiger partial charge is 0.497 e. The predicted octanol–water partition coefficient (Wildman–Crippen LogP) is 3.37. The number of aryl methyl sites for hydroxylation is 2. The molecule has 1 heterocycles. The van der Waals surface area contributed by atoms with Gasteiger partial charge in [0.25, 0.3) is 5.91 Å². The summed E-state index contributed by atoms with van der Waals surface area (Å²) >= 11 is 0. The van der Waals surface area contributed by atoms with Crippen LogP contribution in [0, 0.1) is 20.8 Å². The third-order valence-electron chi connectivity index (χ3n) is 4.36. The summed E-state index contributed by atoms with van der Waals surface area (Å²) < 4.78 is 16.0. The molecular weight excluding hydrogens is 358 g/mol. The summed E-state index contributed by atoms with van der Waals surface area (Å²) in [6.07, 6.45) is 0. The molecule has 146 valence electrons. The van der Waals surface area contributed by atoms with Crippen molar-refractivity contribution in [2.24, 2.45) is 0 Å². The highest BCUT2D eigenvalue weighted by molar-refractivity contribution is 5.77. The highest BCUT2D eigenvalue weighted by Crippen LogP contribution is 2.23. The van der Waals surface area contributed by atoms with Crippen LogP contribution in [0.5, 0.6) is 11.5 Å². The van der Waals surface area contributed by atoms with Crippen molar-refractivity contribution >= 4 is 5.91 Å². The summed E-state index contributed by atoms with van der Waals surface area (Å²) in [5.41, 5.74) is 4.02. The predicted molar refractivity (Wildman–Crippen MR) is 104 cm³/mol. The summed E-state index contributed by atoms with van der Waals surface area (Å²) in [5.74, 6) is 1.90. The lowest BCUT2D eigenvalue weighted by molar-refractivity contribution is -0.123. The smallest absolute Gasteiger partial charge is 0.258 e. The lowest BCUT2D eigenvalue weighted by Crippen LogP contribution is -2.28. The Labute approximate surface area is 163 Å². The van der Waals surface area contributed by atoms with Crippen molar-refractivity contribution in [3.63, 3.8) is 0 Å². The van der Waals surface area contributed by atoms with E-state index in [9.17, 15) is 4.79 Å². The highest BCUT2D eigenvalue weighted by Gasteiger charge is 2.12. The number of benzene rings is 2. The number of amides is 1. The lowest BCUT2D eigenvalue weighted by atomic mass is 10.1. The molecule has 1 aromatic heterocycles. The van der Waals surface area contributed by atoms with E-state index in [0.29, 0.717) is 23.2 Å². The minimum absolute atomic E-state index is 0.0827. The number of rotatable bonds is 7. The van der Waals surface area contributed by atoms with Crippen molar-refractivity contribution < 1.29 is 18.8 Å². The Morgan fingerprint density at radius 3 is 2.79 bits per heavy atom. The average Bonchev–Trinajstić information content (AvgIpc) is 3.17. The van der Waals surface area contributed by atoms with E-state index in [1.807, 2.05) is 51.1 Å². The zero-order valence-electron chi connectivity index (χ0n) is 16.4. The molecule has 2 aromatic carbocycles. The maximum atomic E-state index is 12.1. The molecule has 3 rings (SSSR count). The van der Waals surface area contributed by atoms with Crippen molar-refractivity contribution in [1.82, 2.24) is 15.5 Å². The van der Waals surface area contributed by atoms with Crippen LogP contribution in [-0.4, -0.2) is 29.8 Å². The fourth-order valence-electron chi connectivity index (χ4n) is 2.73. The van der Waals surface area contributed by atoms with Gasteiger partial charge in [-0.05, 0) is 55.7 Å². The molecule has 0 bridgehead atoms. The Bertz CT molecular complexity index is 982. The van der Waals surface area contributed by atoms with E-state index in [1.165, 1.54) is 0 Å². The normalized spacial score (nSPS) is 10.6. The number of carbonyl (C=O) groups excluding carboxylic acids is 1. The zero-order valence-corrected chi connectivity index (χ0v) is 16.4. The molecule has 0 aliphatic heterocycles. The number of nitrogens with one attached hydrogen (secondary N) is 1. The Balaban J connectivity index is 1.55. The van der Waals surface area contributed by atoms with E-state index in [4.69, 9.17) is 14.0 Å². The molecule has 0 aliphatic rings. The fraction of sp³-hybridized carbons (Fsp3) is 0.286. The van der Waals surface area contributed by atoms with Crippen LogP contribution in [0.25, 0.3) is 11.4 Å². The van der Waals surface area contributed by atoms with Crippen LogP contribution >= 0.6 is 0 Å². The van der Waals surface area contributed by atoms with Gasteiger partial charge in [-0.15, -0.1) is 0 Å². The van der Waals surface area contributed by atoms with Gasteiger partial charge in [-0.1, -0.05) is 23.4 Å². The molecule has 1 N–H and O–H groups in total. The first-order valence-corrected chi connectivity index (χ1v) is 8.90. The molecule has 0 aliphatic carbocycles. The second-order valence-electron chi connectivity index (χ2n) is 6.51. The van der Waals surface area contributed by atoms with Gasteiger partial charge in [-0.3, -0.25) is 4.79 Å². The topological polar surface area (TPSA) is 86.5 Å². The average molecular weight is 381 g/mol. The van der Waals surface area contributed by atoms with E-state index in [-0.39, 0.29) is 19.1 Å². The second-order valence-corrected chi connectivity index (χ2v) is 6.51. The zero-order chi connectivity index (χ0) is 20.1. The monoisotopic (exact) mass is 381 g/mol. The molecule has 7 heteroatoms. The van der Waals surface area contributed by atoms with Crippen LogP contribution in [0.2, 0.25) is 0 Å². The number of hydrogen-bond donors (Lipinski definition) is 1. The van der Waals surface area contributed by atoms with Gasteiger partial charge in [0.2, 0.25) is 11.7 Å². The van der Waals surface area contributed by atoms with Crippen molar-refractivity contribution in [3.8, 4) is 22.9 Å². The Morgan fingerprint density at radius 1 is 1.18 bits per heavy atom. The second kappa shape index (κ2) is 8.56. The quantitative estimate of drug-likeness (QED) is 0.675. The molecular formula is C21H23N3O4. The van der Waals surface area contributed by atoms with Gasteiger partial charge < -0.3 is 19.3 Å². The molecule has 28 heavy (non-hydrogen) atoms. The molecule has 1 amide bonds. The third kappa shape index (κ3) is 4.68. The summed E-state index contributed by atoms with van der Waals surface area (Å²) in [5, 5.41) is 6.66. The molecule has 0 saturated carbocycles.